The largest absolute Gasteiger partial charge is 0.547 e. The van der Waals surface area contributed by atoms with E-state index in [4.69, 9.17) is 22.8 Å². The summed E-state index contributed by atoms with van der Waals surface area (Å²) in [7, 11) is -4.27. The lowest BCUT2D eigenvalue weighted by molar-refractivity contribution is -0.0909. The predicted octanol–water partition coefficient (Wildman–Crippen LogP) is 5.67. The molecule has 0 saturated heterocycles. The molecule has 0 aromatic rings. The standard InChI is InChI=1S/C11H30O3Si4.C11H24O2Si/c1-16(2,3)12-10(13-17(4,5)6)11(15)14-18(7,8)9;1-10(2,3)12-9(8-14-7)13-11(4,5)6/h1-9,15H3;8H,14H2,1-7H3. The highest BCUT2D eigenvalue weighted by molar-refractivity contribution is 6.72. The number of rotatable bonds is 9. The molecule has 0 aliphatic rings. The number of ether oxygens (including phenoxy) is 2. The number of hydrogen-bond donors (Lipinski definition) is 0. The van der Waals surface area contributed by atoms with E-state index in [0.29, 0.717) is 11.9 Å². The molecule has 0 fully saturated rings. The van der Waals surface area contributed by atoms with Gasteiger partial charge in [0, 0.05) is 0 Å². The Morgan fingerprint density at radius 1 is 0.656 bits per heavy atom. The van der Waals surface area contributed by atoms with E-state index >= 15 is 0 Å². The van der Waals surface area contributed by atoms with Crippen molar-refractivity contribution in [1.29, 1.82) is 0 Å². The van der Waals surface area contributed by atoms with E-state index in [9.17, 15) is 0 Å². The van der Waals surface area contributed by atoms with Crippen LogP contribution in [0, 0.1) is 0 Å². The zero-order chi connectivity index (χ0) is 26.2. The highest BCUT2D eigenvalue weighted by Gasteiger charge is 2.28. The Bertz CT molecular complexity index is 577. The lowest BCUT2D eigenvalue weighted by Crippen LogP contribution is -2.34. The van der Waals surface area contributed by atoms with Crippen molar-refractivity contribution in [2.75, 3.05) is 0 Å². The monoisotopic (exact) mass is 538 g/mol. The molecule has 0 saturated carbocycles. The molecule has 0 rings (SSSR count). The van der Waals surface area contributed by atoms with Crippen molar-refractivity contribution >= 4 is 44.7 Å². The summed E-state index contributed by atoms with van der Waals surface area (Å²) in [5.74, 6) is 1.38. The van der Waals surface area contributed by atoms with Crippen molar-refractivity contribution in [1.82, 2.24) is 0 Å². The Kier molecular flexibility index (Phi) is 13.6. The first-order valence-electron chi connectivity index (χ1n) is 11.7. The summed E-state index contributed by atoms with van der Waals surface area (Å²) < 4.78 is 29.7. The zero-order valence-electron chi connectivity index (χ0n) is 24.3. The molecule has 10 heteroatoms. The van der Waals surface area contributed by atoms with Crippen LogP contribution in [0.5, 0.6) is 0 Å². The molecule has 32 heavy (non-hydrogen) atoms. The van der Waals surface area contributed by atoms with E-state index in [0.717, 1.165) is 15.6 Å². The summed E-state index contributed by atoms with van der Waals surface area (Å²) in [6.07, 6.45) is 0. The van der Waals surface area contributed by atoms with Crippen molar-refractivity contribution in [2.24, 2.45) is 0 Å². The summed E-state index contributed by atoms with van der Waals surface area (Å²) in [5.41, 5.74) is 1.75. The van der Waals surface area contributed by atoms with Crippen LogP contribution >= 0.6 is 0 Å². The molecular formula is C22H54O5Si5. The Labute approximate surface area is 208 Å². The second-order valence-corrected chi connectivity index (χ2v) is 28.3. The molecule has 0 bridgehead atoms. The fraction of sp³-hybridized carbons (Fsp3) is 0.818. The van der Waals surface area contributed by atoms with Crippen LogP contribution in [0.3, 0.4) is 0 Å². The SMILES string of the molecule is C[SiH2]C=C(OC(C)(C)C)OC(C)(C)C.C[Si](C)(C)OC([SiH3])=C(O[Si](C)(C)C)O[Si](C)(C)C. The Hall–Kier alpha value is -0.436. The first-order valence-corrected chi connectivity index (χ1v) is 25.2. The minimum atomic E-state index is -1.66. The first kappa shape index (κ1) is 33.7. The average Bonchev–Trinajstić information content (AvgIpc) is 2.38. The molecule has 0 unspecified atom stereocenters. The van der Waals surface area contributed by atoms with Crippen LogP contribution in [-0.4, -0.2) is 55.9 Å². The third-order valence-electron chi connectivity index (χ3n) is 2.73. The van der Waals surface area contributed by atoms with E-state index in [2.05, 4.69) is 71.2 Å². The van der Waals surface area contributed by atoms with Crippen molar-refractivity contribution in [3.05, 3.63) is 23.0 Å². The van der Waals surface area contributed by atoms with Crippen molar-refractivity contribution in [3.63, 3.8) is 0 Å². The predicted molar refractivity (Wildman–Crippen MR) is 154 cm³/mol. The fourth-order valence-electron chi connectivity index (χ4n) is 2.10. The molecule has 0 heterocycles. The lowest BCUT2D eigenvalue weighted by Gasteiger charge is -2.30. The van der Waals surface area contributed by atoms with Crippen LogP contribution in [0.25, 0.3) is 0 Å². The Morgan fingerprint density at radius 2 is 0.969 bits per heavy atom. The maximum absolute atomic E-state index is 6.08. The highest BCUT2D eigenvalue weighted by Crippen LogP contribution is 2.22. The zero-order valence-corrected chi connectivity index (χ0v) is 30.7. The average molecular weight is 539 g/mol. The van der Waals surface area contributed by atoms with Crippen molar-refractivity contribution < 1.29 is 22.8 Å². The Morgan fingerprint density at radius 3 is 1.19 bits per heavy atom. The smallest absolute Gasteiger partial charge is 0.283 e. The molecule has 0 aromatic heterocycles. The normalized spacial score (nSPS) is 13.1. The highest BCUT2D eigenvalue weighted by atomic mass is 28.4. The maximum atomic E-state index is 6.08. The summed E-state index contributed by atoms with van der Waals surface area (Å²) in [5, 5.41) is 0.944. The molecule has 0 aliphatic carbocycles. The first-order chi connectivity index (χ1) is 13.8. The molecule has 0 aliphatic heterocycles. The van der Waals surface area contributed by atoms with Crippen LogP contribution in [0.2, 0.25) is 65.5 Å². The van der Waals surface area contributed by atoms with Crippen LogP contribution < -0.4 is 0 Å². The van der Waals surface area contributed by atoms with Gasteiger partial charge in [-0.3, -0.25) is 0 Å². The molecule has 0 amide bonds. The van der Waals surface area contributed by atoms with E-state index in [1.54, 1.807) is 0 Å². The van der Waals surface area contributed by atoms with Gasteiger partial charge in [-0.1, -0.05) is 6.55 Å². The minimum Gasteiger partial charge on any atom is -0.547 e. The van der Waals surface area contributed by atoms with Gasteiger partial charge in [0.15, 0.2) is 0 Å². The van der Waals surface area contributed by atoms with Gasteiger partial charge in [0.05, 0.1) is 19.8 Å². The topological polar surface area (TPSA) is 46.2 Å². The van der Waals surface area contributed by atoms with Crippen molar-refractivity contribution in [3.8, 4) is 0 Å². The van der Waals surface area contributed by atoms with Crippen molar-refractivity contribution in [2.45, 2.75) is 118 Å². The van der Waals surface area contributed by atoms with E-state index < -0.39 is 25.0 Å². The molecule has 0 atom stereocenters. The molecule has 0 radical (unpaired) electrons. The fourth-order valence-corrected chi connectivity index (χ4v) is 7.61. The van der Waals surface area contributed by atoms with Gasteiger partial charge >= 0.3 is 0 Å². The second-order valence-electron chi connectivity index (χ2n) is 12.8. The third kappa shape index (κ3) is 24.2. The summed E-state index contributed by atoms with van der Waals surface area (Å²) in [4.78, 5) is 0. The van der Waals surface area contributed by atoms with Gasteiger partial charge in [0.1, 0.15) is 16.6 Å². The van der Waals surface area contributed by atoms with Gasteiger partial charge < -0.3 is 22.8 Å². The van der Waals surface area contributed by atoms with Gasteiger partial charge in [0.25, 0.3) is 11.9 Å². The van der Waals surface area contributed by atoms with Crippen LogP contribution in [-0.2, 0) is 22.8 Å². The quantitative estimate of drug-likeness (QED) is 0.280. The molecule has 0 N–H and O–H groups in total. The summed E-state index contributed by atoms with van der Waals surface area (Å²) in [6, 6.07) is 0. The lowest BCUT2D eigenvalue weighted by atomic mass is 10.2. The van der Waals surface area contributed by atoms with Crippen LogP contribution in [0.15, 0.2) is 23.0 Å². The molecule has 192 valence electrons. The van der Waals surface area contributed by atoms with Crippen LogP contribution in [0.1, 0.15) is 41.5 Å². The third-order valence-corrected chi connectivity index (χ3v) is 7.01. The molecule has 5 nitrogen and oxygen atoms in total. The van der Waals surface area contributed by atoms with E-state index in [1.165, 1.54) is 0 Å². The van der Waals surface area contributed by atoms with Gasteiger partial charge in [-0.05, 0) is 106 Å². The number of hydrogen-bond acceptors (Lipinski definition) is 5. The maximum Gasteiger partial charge on any atom is 0.283 e. The summed E-state index contributed by atoms with van der Waals surface area (Å²) in [6.45, 7) is 34.0. The second kappa shape index (κ2) is 12.9. The van der Waals surface area contributed by atoms with Gasteiger partial charge in [-0.15, -0.1) is 0 Å². The minimum absolute atomic E-state index is 0.180. The van der Waals surface area contributed by atoms with Crippen LogP contribution in [0.4, 0.5) is 0 Å². The van der Waals surface area contributed by atoms with E-state index in [-0.39, 0.29) is 20.7 Å². The van der Waals surface area contributed by atoms with Gasteiger partial charge in [0.2, 0.25) is 25.0 Å². The molecule has 0 aromatic carbocycles. The summed E-state index contributed by atoms with van der Waals surface area (Å²) >= 11 is 0. The molecule has 0 spiro atoms. The van der Waals surface area contributed by atoms with Gasteiger partial charge in [-0.25, -0.2) is 0 Å². The Balaban J connectivity index is 0. The molecular weight excluding hydrogens is 485 g/mol. The van der Waals surface area contributed by atoms with Gasteiger partial charge in [-0.2, -0.15) is 0 Å². The van der Waals surface area contributed by atoms with E-state index in [1.807, 2.05) is 41.5 Å².